The maximum atomic E-state index is 2.61. The predicted molar refractivity (Wildman–Crippen MR) is 76.4 cm³/mol. The summed E-state index contributed by atoms with van der Waals surface area (Å²) in [6.07, 6.45) is 5.44. The van der Waals surface area contributed by atoms with Crippen LogP contribution in [0.4, 0.5) is 0 Å². The summed E-state index contributed by atoms with van der Waals surface area (Å²) >= 11 is 0. The Bertz CT molecular complexity index is 193. The average Bonchev–Trinajstić information content (AvgIpc) is 2.28. The van der Waals surface area contributed by atoms with Crippen LogP contribution >= 0.6 is 0 Å². The highest BCUT2D eigenvalue weighted by Gasteiger charge is 2.23. The van der Waals surface area contributed by atoms with Crippen molar-refractivity contribution in [2.75, 3.05) is 26.7 Å². The molecule has 0 N–H and O–H groups in total. The van der Waals surface area contributed by atoms with Crippen LogP contribution in [0.25, 0.3) is 0 Å². The molecule has 0 spiro atoms. The van der Waals surface area contributed by atoms with Crippen LogP contribution in [0.3, 0.4) is 0 Å². The summed E-state index contributed by atoms with van der Waals surface area (Å²) in [5.41, 5.74) is 0. The van der Waals surface area contributed by atoms with E-state index in [4.69, 9.17) is 0 Å². The fourth-order valence-corrected chi connectivity index (χ4v) is 2.77. The van der Waals surface area contributed by atoms with Gasteiger partial charge in [-0.1, -0.05) is 13.8 Å². The smallest absolute Gasteiger partial charge is 0.0117 e. The molecule has 0 aromatic carbocycles. The van der Waals surface area contributed by atoms with Crippen molar-refractivity contribution in [1.29, 1.82) is 0 Å². The number of hydrogen-bond donors (Lipinski definition) is 0. The highest BCUT2D eigenvalue weighted by molar-refractivity contribution is 4.79. The maximum Gasteiger partial charge on any atom is 0.0117 e. The van der Waals surface area contributed by atoms with E-state index < -0.39 is 0 Å². The van der Waals surface area contributed by atoms with Gasteiger partial charge < -0.3 is 9.80 Å². The van der Waals surface area contributed by atoms with Gasteiger partial charge in [-0.3, -0.25) is 0 Å². The van der Waals surface area contributed by atoms with Crippen LogP contribution in [-0.2, 0) is 0 Å². The van der Waals surface area contributed by atoms with E-state index in [1.54, 1.807) is 0 Å². The first kappa shape index (κ1) is 15.0. The Labute approximate surface area is 108 Å². The van der Waals surface area contributed by atoms with Gasteiger partial charge in [0.2, 0.25) is 0 Å². The number of hydrogen-bond acceptors (Lipinski definition) is 2. The molecule has 1 aliphatic heterocycles. The number of piperidine rings is 1. The second kappa shape index (κ2) is 7.38. The third-order valence-electron chi connectivity index (χ3n) is 4.15. The van der Waals surface area contributed by atoms with Crippen molar-refractivity contribution in [2.45, 2.75) is 65.5 Å². The molecule has 2 heteroatoms. The van der Waals surface area contributed by atoms with Crippen LogP contribution in [-0.4, -0.2) is 48.6 Å². The molecule has 17 heavy (non-hydrogen) atoms. The van der Waals surface area contributed by atoms with E-state index in [1.165, 1.54) is 45.3 Å². The predicted octanol–water partition coefficient (Wildman–Crippen LogP) is 3.23. The SMILES string of the molecule is CC(C)CCCN(C)C1CCN(C(C)C)CC1. The van der Waals surface area contributed by atoms with E-state index in [9.17, 15) is 0 Å². The molecular weight excluding hydrogens is 208 g/mol. The minimum atomic E-state index is 0.724. The number of rotatable bonds is 6. The van der Waals surface area contributed by atoms with Gasteiger partial charge in [0, 0.05) is 12.1 Å². The van der Waals surface area contributed by atoms with Crippen LogP contribution in [0.15, 0.2) is 0 Å². The molecule has 0 amide bonds. The lowest BCUT2D eigenvalue weighted by Gasteiger charge is -2.38. The van der Waals surface area contributed by atoms with Crippen LogP contribution in [0, 0.1) is 5.92 Å². The molecular formula is C15H32N2. The van der Waals surface area contributed by atoms with E-state index in [2.05, 4.69) is 44.5 Å². The largest absolute Gasteiger partial charge is 0.303 e. The standard InChI is InChI=1S/C15H32N2/c1-13(2)7-6-10-16(5)15-8-11-17(12-9-15)14(3)4/h13-15H,6-12H2,1-5H3. The highest BCUT2D eigenvalue weighted by Crippen LogP contribution is 2.18. The first-order valence-electron chi connectivity index (χ1n) is 7.45. The maximum absolute atomic E-state index is 2.61. The summed E-state index contributed by atoms with van der Waals surface area (Å²) in [4.78, 5) is 5.21. The topological polar surface area (TPSA) is 6.48 Å². The van der Waals surface area contributed by atoms with E-state index in [1.807, 2.05) is 0 Å². The zero-order valence-electron chi connectivity index (χ0n) is 12.6. The second-order valence-corrected chi connectivity index (χ2v) is 6.38. The molecule has 102 valence electrons. The molecule has 0 aliphatic carbocycles. The summed E-state index contributed by atoms with van der Waals surface area (Å²) in [6, 6.07) is 1.55. The Morgan fingerprint density at radius 3 is 2.18 bits per heavy atom. The third kappa shape index (κ3) is 5.39. The molecule has 1 aliphatic rings. The molecule has 0 atom stereocenters. The van der Waals surface area contributed by atoms with E-state index in [0.717, 1.165) is 18.0 Å². The zero-order valence-corrected chi connectivity index (χ0v) is 12.6. The van der Waals surface area contributed by atoms with Gasteiger partial charge in [-0.25, -0.2) is 0 Å². The van der Waals surface area contributed by atoms with Gasteiger partial charge in [0.1, 0.15) is 0 Å². The molecule has 1 rings (SSSR count). The lowest BCUT2D eigenvalue weighted by atomic mass is 10.0. The summed E-state index contributed by atoms with van der Waals surface area (Å²) in [5, 5.41) is 0. The van der Waals surface area contributed by atoms with Crippen molar-refractivity contribution < 1.29 is 0 Å². The minimum absolute atomic E-state index is 0.724. The van der Waals surface area contributed by atoms with Crippen molar-refractivity contribution in [1.82, 2.24) is 9.80 Å². The van der Waals surface area contributed by atoms with E-state index >= 15 is 0 Å². The molecule has 0 aromatic rings. The van der Waals surface area contributed by atoms with Crippen molar-refractivity contribution in [3.05, 3.63) is 0 Å². The van der Waals surface area contributed by atoms with Gasteiger partial charge in [0.05, 0.1) is 0 Å². The lowest BCUT2D eigenvalue weighted by molar-refractivity contribution is 0.106. The summed E-state index contributed by atoms with van der Waals surface area (Å²) in [7, 11) is 2.32. The van der Waals surface area contributed by atoms with Crippen molar-refractivity contribution in [3.8, 4) is 0 Å². The first-order valence-corrected chi connectivity index (χ1v) is 7.45. The van der Waals surface area contributed by atoms with Crippen LogP contribution in [0.5, 0.6) is 0 Å². The molecule has 0 aromatic heterocycles. The second-order valence-electron chi connectivity index (χ2n) is 6.38. The summed E-state index contributed by atoms with van der Waals surface area (Å²) in [6.45, 7) is 13.1. The molecule has 1 fully saturated rings. The molecule has 1 heterocycles. The highest BCUT2D eigenvalue weighted by atomic mass is 15.2. The first-order chi connectivity index (χ1) is 8.00. The van der Waals surface area contributed by atoms with Crippen molar-refractivity contribution in [3.63, 3.8) is 0 Å². The Kier molecular flexibility index (Phi) is 6.50. The van der Waals surface area contributed by atoms with Gasteiger partial charge >= 0.3 is 0 Å². The summed E-state index contributed by atoms with van der Waals surface area (Å²) in [5.74, 6) is 0.853. The minimum Gasteiger partial charge on any atom is -0.303 e. The molecule has 1 saturated heterocycles. The van der Waals surface area contributed by atoms with Crippen molar-refractivity contribution >= 4 is 0 Å². The lowest BCUT2D eigenvalue weighted by Crippen LogP contribution is -2.45. The normalized spacial score (nSPS) is 19.8. The molecule has 0 radical (unpaired) electrons. The monoisotopic (exact) mass is 240 g/mol. The zero-order chi connectivity index (χ0) is 12.8. The quantitative estimate of drug-likeness (QED) is 0.703. The molecule has 0 saturated carbocycles. The van der Waals surface area contributed by atoms with E-state index in [0.29, 0.717) is 0 Å². The summed E-state index contributed by atoms with van der Waals surface area (Å²) < 4.78 is 0. The number of likely N-dealkylation sites (tertiary alicyclic amines) is 1. The van der Waals surface area contributed by atoms with Crippen LogP contribution in [0.1, 0.15) is 53.4 Å². The molecule has 2 nitrogen and oxygen atoms in total. The Hall–Kier alpha value is -0.0800. The van der Waals surface area contributed by atoms with Gasteiger partial charge in [0.15, 0.2) is 0 Å². The Morgan fingerprint density at radius 1 is 1.12 bits per heavy atom. The average molecular weight is 240 g/mol. The van der Waals surface area contributed by atoms with Crippen LogP contribution in [0.2, 0.25) is 0 Å². The van der Waals surface area contributed by atoms with Gasteiger partial charge in [-0.2, -0.15) is 0 Å². The third-order valence-corrected chi connectivity index (χ3v) is 4.15. The van der Waals surface area contributed by atoms with E-state index in [-0.39, 0.29) is 0 Å². The Morgan fingerprint density at radius 2 is 1.71 bits per heavy atom. The Balaban J connectivity index is 2.19. The number of nitrogens with zero attached hydrogens (tertiary/aromatic N) is 2. The fourth-order valence-electron chi connectivity index (χ4n) is 2.77. The fraction of sp³-hybridized carbons (Fsp3) is 1.00. The van der Waals surface area contributed by atoms with Gasteiger partial charge in [-0.05, 0) is 72.1 Å². The van der Waals surface area contributed by atoms with Crippen molar-refractivity contribution in [2.24, 2.45) is 5.92 Å². The molecule has 0 bridgehead atoms. The van der Waals surface area contributed by atoms with Crippen LogP contribution < -0.4 is 0 Å². The molecule has 0 unspecified atom stereocenters. The van der Waals surface area contributed by atoms with Gasteiger partial charge in [-0.15, -0.1) is 0 Å². The van der Waals surface area contributed by atoms with Gasteiger partial charge in [0.25, 0.3) is 0 Å².